The van der Waals surface area contributed by atoms with Gasteiger partial charge in [-0.05, 0) is 92.8 Å². The van der Waals surface area contributed by atoms with Crippen molar-refractivity contribution in [3.05, 3.63) is 81.6 Å². The molecule has 0 aliphatic heterocycles. The highest BCUT2D eigenvalue weighted by Gasteiger charge is 2.19. The fourth-order valence-electron chi connectivity index (χ4n) is 4.53. The Morgan fingerprint density at radius 3 is 2.38 bits per heavy atom. The van der Waals surface area contributed by atoms with Crippen LogP contribution in [0.15, 0.2) is 64.5 Å². The van der Waals surface area contributed by atoms with E-state index in [0.717, 1.165) is 22.4 Å². The monoisotopic (exact) mass is 571 g/mol. The van der Waals surface area contributed by atoms with Crippen molar-refractivity contribution in [3.63, 3.8) is 0 Å². The number of hydrogen-bond acceptors (Lipinski definition) is 8. The Morgan fingerprint density at radius 2 is 1.67 bits per heavy atom. The lowest BCUT2D eigenvalue weighted by molar-refractivity contribution is -0.145. The van der Waals surface area contributed by atoms with E-state index in [0.29, 0.717) is 47.0 Å². The number of fused-ring (bicyclic) bond motifs is 1. The predicted molar refractivity (Wildman–Crippen MR) is 164 cm³/mol. The lowest BCUT2D eigenvalue weighted by atomic mass is 9.96. The van der Waals surface area contributed by atoms with Crippen LogP contribution in [-0.4, -0.2) is 48.3 Å². The Morgan fingerprint density at radius 1 is 0.929 bits per heavy atom. The van der Waals surface area contributed by atoms with Crippen LogP contribution in [0.25, 0.3) is 22.3 Å². The number of aromatic nitrogens is 2. The van der Waals surface area contributed by atoms with Crippen molar-refractivity contribution in [3.8, 4) is 28.6 Å². The average Bonchev–Trinajstić information content (AvgIpc) is 2.96. The minimum absolute atomic E-state index is 0.191. The minimum atomic E-state index is -0.466. The third-order valence-electron chi connectivity index (χ3n) is 6.51. The number of aryl methyl sites for hydroxylation is 1. The van der Waals surface area contributed by atoms with Crippen LogP contribution in [0.3, 0.4) is 0 Å². The minimum Gasteiger partial charge on any atom is -0.494 e. The van der Waals surface area contributed by atoms with Crippen molar-refractivity contribution < 1.29 is 23.7 Å². The molecule has 0 atom stereocenters. The second kappa shape index (κ2) is 13.8. The summed E-state index contributed by atoms with van der Waals surface area (Å²) in [6, 6.07) is 16.5. The molecule has 0 spiro atoms. The maximum Gasteiger partial charge on any atom is 0.344 e. The Kier molecular flexibility index (Phi) is 9.96. The van der Waals surface area contributed by atoms with Gasteiger partial charge in [0.1, 0.15) is 5.75 Å². The summed E-state index contributed by atoms with van der Waals surface area (Å²) >= 11 is 0. The highest BCUT2D eigenvalue weighted by atomic mass is 16.6. The van der Waals surface area contributed by atoms with Crippen LogP contribution in [-0.2, 0) is 9.53 Å². The van der Waals surface area contributed by atoms with Crippen LogP contribution in [0.2, 0.25) is 0 Å². The van der Waals surface area contributed by atoms with E-state index >= 15 is 0 Å². The van der Waals surface area contributed by atoms with Crippen molar-refractivity contribution in [2.75, 3.05) is 26.4 Å². The van der Waals surface area contributed by atoms with Gasteiger partial charge in [0.15, 0.2) is 23.9 Å². The average molecular weight is 572 g/mol. The van der Waals surface area contributed by atoms with Crippen molar-refractivity contribution in [2.24, 2.45) is 5.10 Å². The molecule has 4 rings (SSSR count). The molecular formula is C33H37N3O6. The predicted octanol–water partition coefficient (Wildman–Crippen LogP) is 6.12. The summed E-state index contributed by atoms with van der Waals surface area (Å²) in [5, 5.41) is 5.08. The van der Waals surface area contributed by atoms with E-state index in [1.807, 2.05) is 51.1 Å². The Hall–Kier alpha value is -4.66. The van der Waals surface area contributed by atoms with E-state index in [1.165, 1.54) is 4.68 Å². The standard InChI is InChI=1S/C33H37N3O6/c1-7-39-29-16-22(6)26(18-25(29)21(4)5)32-35-27-13-11-10-12-24(27)33(38)36(32)34-19-23-14-15-28(30(17-23)40-8-2)42-20-31(37)41-9-3/h10-19,21H,7-9,20H2,1-6H3. The molecule has 4 aromatic rings. The van der Waals surface area contributed by atoms with E-state index in [9.17, 15) is 9.59 Å². The Balaban J connectivity index is 1.81. The molecule has 0 saturated heterocycles. The smallest absolute Gasteiger partial charge is 0.344 e. The number of rotatable bonds is 12. The Labute approximate surface area is 245 Å². The number of para-hydroxylation sites is 1. The maximum absolute atomic E-state index is 13.8. The van der Waals surface area contributed by atoms with Crippen molar-refractivity contribution in [2.45, 2.75) is 47.5 Å². The second-order valence-corrected chi connectivity index (χ2v) is 9.84. The first-order chi connectivity index (χ1) is 20.3. The molecule has 42 heavy (non-hydrogen) atoms. The van der Waals surface area contributed by atoms with Crippen molar-refractivity contribution in [1.82, 2.24) is 9.66 Å². The van der Waals surface area contributed by atoms with Crippen molar-refractivity contribution in [1.29, 1.82) is 0 Å². The van der Waals surface area contributed by atoms with Crippen LogP contribution in [0.4, 0.5) is 0 Å². The number of carbonyl (C=O) groups is 1. The zero-order valence-corrected chi connectivity index (χ0v) is 25.0. The van der Waals surface area contributed by atoms with Crippen molar-refractivity contribution >= 4 is 23.1 Å². The highest BCUT2D eigenvalue weighted by molar-refractivity contribution is 5.83. The van der Waals surface area contributed by atoms with Gasteiger partial charge in [-0.25, -0.2) is 9.78 Å². The molecule has 0 aliphatic carbocycles. The van der Waals surface area contributed by atoms with Gasteiger partial charge >= 0.3 is 5.97 Å². The molecule has 0 aliphatic rings. The van der Waals surface area contributed by atoms with Gasteiger partial charge in [-0.15, -0.1) is 0 Å². The van der Waals surface area contributed by atoms with Crippen LogP contribution in [0.5, 0.6) is 17.2 Å². The number of hydrogen-bond donors (Lipinski definition) is 0. The van der Waals surface area contributed by atoms with Gasteiger partial charge in [-0.1, -0.05) is 26.0 Å². The first kappa shape index (κ1) is 30.3. The van der Waals surface area contributed by atoms with E-state index in [-0.39, 0.29) is 24.7 Å². The molecule has 3 aromatic carbocycles. The van der Waals surface area contributed by atoms with Gasteiger partial charge < -0.3 is 18.9 Å². The van der Waals surface area contributed by atoms with Crippen LogP contribution >= 0.6 is 0 Å². The number of nitrogens with zero attached hydrogens (tertiary/aromatic N) is 3. The van der Waals surface area contributed by atoms with Crippen LogP contribution < -0.4 is 19.8 Å². The second-order valence-electron chi connectivity index (χ2n) is 9.84. The fraction of sp³-hybridized carbons (Fsp3) is 0.333. The summed E-state index contributed by atoms with van der Waals surface area (Å²) in [5.74, 6) is 1.82. The first-order valence-electron chi connectivity index (χ1n) is 14.2. The molecule has 0 unspecified atom stereocenters. The summed E-state index contributed by atoms with van der Waals surface area (Å²) in [4.78, 5) is 30.4. The highest BCUT2D eigenvalue weighted by Crippen LogP contribution is 2.34. The summed E-state index contributed by atoms with van der Waals surface area (Å²) in [6.07, 6.45) is 1.58. The first-order valence-corrected chi connectivity index (χ1v) is 14.2. The van der Waals surface area contributed by atoms with Crippen LogP contribution in [0.1, 0.15) is 57.2 Å². The molecule has 0 saturated carbocycles. The SMILES string of the molecule is CCOC(=O)COc1ccc(C=Nn2c(-c3cc(C(C)C)c(OCC)cc3C)nc3ccccc3c2=O)cc1OCC. The van der Waals surface area contributed by atoms with Gasteiger partial charge in [0.25, 0.3) is 5.56 Å². The molecule has 0 N–H and O–H groups in total. The molecule has 0 bridgehead atoms. The fourth-order valence-corrected chi connectivity index (χ4v) is 4.53. The van der Waals surface area contributed by atoms with E-state index in [1.54, 1.807) is 37.4 Å². The summed E-state index contributed by atoms with van der Waals surface area (Å²) in [5.41, 5.74) is 3.70. The lowest BCUT2D eigenvalue weighted by Crippen LogP contribution is -2.21. The topological polar surface area (TPSA) is 101 Å². The third kappa shape index (κ3) is 6.79. The van der Waals surface area contributed by atoms with Gasteiger partial charge in [0.2, 0.25) is 0 Å². The molecule has 0 amide bonds. The maximum atomic E-state index is 13.8. The molecule has 0 fully saturated rings. The summed E-state index contributed by atoms with van der Waals surface area (Å²) < 4.78 is 23.6. The van der Waals surface area contributed by atoms with E-state index in [4.69, 9.17) is 23.9 Å². The molecule has 9 nitrogen and oxygen atoms in total. The largest absolute Gasteiger partial charge is 0.494 e. The zero-order chi connectivity index (χ0) is 30.2. The molecular weight excluding hydrogens is 534 g/mol. The van der Waals surface area contributed by atoms with Gasteiger partial charge in [-0.2, -0.15) is 9.78 Å². The lowest BCUT2D eigenvalue weighted by Gasteiger charge is -2.18. The number of esters is 1. The molecule has 1 heterocycles. The third-order valence-corrected chi connectivity index (χ3v) is 6.51. The van der Waals surface area contributed by atoms with Gasteiger partial charge in [-0.3, -0.25) is 4.79 Å². The van der Waals surface area contributed by atoms with Gasteiger partial charge in [0, 0.05) is 5.56 Å². The van der Waals surface area contributed by atoms with E-state index < -0.39 is 5.97 Å². The number of carbonyl (C=O) groups excluding carboxylic acids is 1. The molecule has 0 radical (unpaired) electrons. The number of benzene rings is 3. The molecule has 220 valence electrons. The zero-order valence-electron chi connectivity index (χ0n) is 25.0. The number of ether oxygens (including phenoxy) is 4. The normalized spacial score (nSPS) is 11.3. The summed E-state index contributed by atoms with van der Waals surface area (Å²) in [6.45, 7) is 12.7. The van der Waals surface area contributed by atoms with Crippen LogP contribution in [0, 0.1) is 6.92 Å². The molecule has 1 aromatic heterocycles. The quantitative estimate of drug-likeness (QED) is 0.149. The van der Waals surface area contributed by atoms with E-state index in [2.05, 4.69) is 18.9 Å². The molecule has 9 heteroatoms. The Bertz CT molecular complexity index is 1660. The van der Waals surface area contributed by atoms with Gasteiger partial charge in [0.05, 0.1) is 36.9 Å². The summed E-state index contributed by atoms with van der Waals surface area (Å²) in [7, 11) is 0.